The number of alkyl halides is 3. The van der Waals surface area contributed by atoms with Gasteiger partial charge in [-0.25, -0.2) is 4.79 Å². The number of rotatable bonds is 3. The standard InChI is InChI=1S/C24H21F3N6O3/c1-35-18-9-7-16(8-10-18)23(24(25,26)27)19(15-28)20-32(17-5-3-2-4-6-17)21(30-33(20)22(34)29-23)31-11-13-36-14-12-31/h2-10H,11-14H2,1H3,(H,29,34)/t23-/m0/s1. The van der Waals surface area contributed by atoms with Crippen molar-refractivity contribution in [3.05, 3.63) is 71.6 Å². The summed E-state index contributed by atoms with van der Waals surface area (Å²) in [5, 5.41) is 17.5. The minimum absolute atomic E-state index is 0.232. The van der Waals surface area contributed by atoms with Crippen molar-refractivity contribution in [3.63, 3.8) is 0 Å². The van der Waals surface area contributed by atoms with Crippen LogP contribution in [0, 0.1) is 11.3 Å². The van der Waals surface area contributed by atoms with Crippen molar-refractivity contribution in [2.45, 2.75) is 11.7 Å². The van der Waals surface area contributed by atoms with Crippen LogP contribution in [0.3, 0.4) is 0 Å². The summed E-state index contributed by atoms with van der Waals surface area (Å²) in [6.45, 7) is 1.60. The number of anilines is 1. The van der Waals surface area contributed by atoms with E-state index in [0.29, 0.717) is 37.7 Å². The molecule has 186 valence electrons. The lowest BCUT2D eigenvalue weighted by atomic mass is 9.80. The van der Waals surface area contributed by atoms with E-state index in [4.69, 9.17) is 9.47 Å². The Hall–Kier alpha value is -4.24. The molecule has 5 rings (SSSR count). The largest absolute Gasteiger partial charge is 0.497 e. The van der Waals surface area contributed by atoms with Gasteiger partial charge in [0.05, 0.1) is 26.0 Å². The monoisotopic (exact) mass is 498 g/mol. The predicted molar refractivity (Wildman–Crippen MR) is 122 cm³/mol. The summed E-state index contributed by atoms with van der Waals surface area (Å²) >= 11 is 0. The second kappa shape index (κ2) is 8.76. The summed E-state index contributed by atoms with van der Waals surface area (Å²) in [4.78, 5) is 16.5. The number of hydrogen-bond acceptors (Lipinski definition) is 7. The topological polar surface area (TPSA) is 93.4 Å². The van der Waals surface area contributed by atoms with E-state index in [9.17, 15) is 23.2 Å². The highest BCUT2D eigenvalue weighted by molar-refractivity contribution is 6.04. The van der Waals surface area contributed by atoms with E-state index >= 15 is 0 Å². The summed E-state index contributed by atoms with van der Waals surface area (Å²) < 4.78 is 55.4. The molecule has 0 spiro atoms. The summed E-state index contributed by atoms with van der Waals surface area (Å²) in [5.41, 5.74) is -3.70. The smallest absolute Gasteiger partial charge is 0.421 e. The Labute approximate surface area is 204 Å². The van der Waals surface area contributed by atoms with Crippen molar-refractivity contribution in [1.29, 1.82) is 5.26 Å². The zero-order valence-corrected chi connectivity index (χ0v) is 19.1. The van der Waals surface area contributed by atoms with Crippen LogP contribution in [-0.2, 0) is 10.3 Å². The fourth-order valence-corrected chi connectivity index (χ4v) is 4.52. The maximum Gasteiger partial charge on any atom is 0.421 e. The number of morpholine rings is 1. The van der Waals surface area contributed by atoms with E-state index in [2.05, 4.69) is 10.4 Å². The lowest BCUT2D eigenvalue weighted by molar-refractivity contribution is -0.186. The van der Waals surface area contributed by atoms with Gasteiger partial charge in [0.2, 0.25) is 11.5 Å². The Balaban J connectivity index is 1.77. The molecule has 0 radical (unpaired) electrons. The van der Waals surface area contributed by atoms with Gasteiger partial charge in [0, 0.05) is 13.1 Å². The molecule has 1 fully saturated rings. The third-order valence-corrected chi connectivity index (χ3v) is 6.26. The molecule has 0 saturated carbocycles. The molecule has 0 aliphatic carbocycles. The molecule has 3 aliphatic heterocycles. The van der Waals surface area contributed by atoms with Crippen LogP contribution < -0.4 is 15.0 Å². The van der Waals surface area contributed by atoms with Gasteiger partial charge in [0.1, 0.15) is 17.4 Å². The Bertz CT molecular complexity index is 1270. The Morgan fingerprint density at radius 2 is 1.78 bits per heavy atom. The number of carbonyl (C=O) groups is 1. The molecule has 0 aromatic heterocycles. The summed E-state index contributed by atoms with van der Waals surface area (Å²) in [7, 11) is 1.39. The van der Waals surface area contributed by atoms with E-state index < -0.39 is 23.3 Å². The van der Waals surface area contributed by atoms with Gasteiger partial charge in [-0.15, -0.1) is 5.10 Å². The Morgan fingerprint density at radius 1 is 1.11 bits per heavy atom. The van der Waals surface area contributed by atoms with Gasteiger partial charge in [-0.05, 0) is 29.8 Å². The average Bonchev–Trinajstić information content (AvgIpc) is 3.30. The van der Waals surface area contributed by atoms with Gasteiger partial charge in [-0.3, -0.25) is 4.90 Å². The van der Waals surface area contributed by atoms with Crippen LogP contribution in [0.2, 0.25) is 0 Å². The summed E-state index contributed by atoms with van der Waals surface area (Å²) in [6.07, 6.45) is -5.06. The van der Waals surface area contributed by atoms with Crippen LogP contribution in [0.5, 0.6) is 5.75 Å². The number of nitriles is 1. The molecule has 1 saturated heterocycles. The number of para-hydroxylation sites is 1. The highest BCUT2D eigenvalue weighted by Crippen LogP contribution is 2.50. The highest BCUT2D eigenvalue weighted by Gasteiger charge is 2.65. The number of halogens is 3. The number of hydrazone groups is 1. The molecular weight excluding hydrogens is 477 g/mol. The predicted octanol–water partition coefficient (Wildman–Crippen LogP) is 3.34. The van der Waals surface area contributed by atoms with Crippen molar-refractivity contribution < 1.29 is 27.4 Å². The van der Waals surface area contributed by atoms with Crippen molar-refractivity contribution in [2.75, 3.05) is 38.3 Å². The van der Waals surface area contributed by atoms with Gasteiger partial charge in [-0.2, -0.15) is 23.4 Å². The Morgan fingerprint density at radius 3 is 2.36 bits per heavy atom. The van der Waals surface area contributed by atoms with Crippen LogP contribution in [-0.4, -0.2) is 61.5 Å². The molecule has 9 nitrogen and oxygen atoms in total. The van der Waals surface area contributed by atoms with Crippen LogP contribution in [0.15, 0.2) is 71.1 Å². The maximum absolute atomic E-state index is 15.0. The maximum atomic E-state index is 15.0. The number of carbonyl (C=O) groups excluding carboxylic acids is 1. The second-order valence-corrected chi connectivity index (χ2v) is 8.20. The van der Waals surface area contributed by atoms with Gasteiger partial charge >= 0.3 is 12.2 Å². The van der Waals surface area contributed by atoms with E-state index in [0.717, 1.165) is 5.01 Å². The van der Waals surface area contributed by atoms with Crippen LogP contribution in [0.1, 0.15) is 5.56 Å². The third kappa shape index (κ3) is 3.51. The second-order valence-electron chi connectivity index (χ2n) is 8.20. The van der Waals surface area contributed by atoms with Crippen LogP contribution in [0.25, 0.3) is 0 Å². The molecule has 0 bridgehead atoms. The number of benzene rings is 2. The zero-order valence-electron chi connectivity index (χ0n) is 19.1. The number of nitrogens with zero attached hydrogens (tertiary/aromatic N) is 5. The van der Waals surface area contributed by atoms with Gasteiger partial charge in [0.25, 0.3) is 0 Å². The summed E-state index contributed by atoms with van der Waals surface area (Å²) in [6, 6.07) is 14.3. The van der Waals surface area contributed by atoms with Crippen LogP contribution >= 0.6 is 0 Å². The fourth-order valence-electron chi connectivity index (χ4n) is 4.52. The number of guanidine groups is 1. The van der Waals surface area contributed by atoms with E-state index in [1.165, 1.54) is 36.3 Å². The zero-order chi connectivity index (χ0) is 25.5. The fraction of sp³-hybridized carbons (Fsp3) is 0.292. The van der Waals surface area contributed by atoms with Gasteiger partial charge in [-0.1, -0.05) is 30.3 Å². The first-order valence-corrected chi connectivity index (χ1v) is 11.1. The number of fused-ring (bicyclic) bond motifs is 1. The first kappa shape index (κ1) is 23.5. The van der Waals surface area contributed by atoms with Gasteiger partial charge < -0.3 is 19.7 Å². The average molecular weight is 498 g/mol. The Kier molecular flexibility index (Phi) is 5.72. The molecule has 1 atom stereocenters. The summed E-state index contributed by atoms with van der Waals surface area (Å²) in [5.74, 6) is 0.285. The number of methoxy groups -OCH3 is 1. The van der Waals surface area contributed by atoms with Crippen LogP contribution in [0.4, 0.5) is 23.7 Å². The molecule has 2 amide bonds. The van der Waals surface area contributed by atoms with E-state index in [1.54, 1.807) is 36.4 Å². The molecule has 3 aliphatic rings. The number of urea groups is 1. The first-order chi connectivity index (χ1) is 17.3. The molecule has 12 heteroatoms. The SMILES string of the molecule is COc1ccc([C@]2(C(F)(F)F)NC(=O)N3N=C(N4CCOCC4)N(c4ccccc4)C3=C2C#N)cc1. The number of ether oxygens (including phenoxy) is 2. The molecule has 0 unspecified atom stereocenters. The van der Waals surface area contributed by atoms with Gasteiger partial charge in [0.15, 0.2) is 5.82 Å². The molecule has 2 aromatic rings. The number of amides is 2. The molecule has 36 heavy (non-hydrogen) atoms. The van der Waals surface area contributed by atoms with Crippen molar-refractivity contribution in [2.24, 2.45) is 5.10 Å². The van der Waals surface area contributed by atoms with E-state index in [-0.39, 0.29) is 17.3 Å². The van der Waals surface area contributed by atoms with Crippen molar-refractivity contribution in [1.82, 2.24) is 15.2 Å². The van der Waals surface area contributed by atoms with Crippen molar-refractivity contribution >= 4 is 17.7 Å². The minimum Gasteiger partial charge on any atom is -0.497 e. The molecule has 2 aromatic carbocycles. The third-order valence-electron chi connectivity index (χ3n) is 6.26. The number of hydrogen-bond donors (Lipinski definition) is 1. The van der Waals surface area contributed by atoms with E-state index in [1.807, 2.05) is 4.90 Å². The van der Waals surface area contributed by atoms with Crippen molar-refractivity contribution in [3.8, 4) is 11.8 Å². The molecule has 3 heterocycles. The minimum atomic E-state index is -5.06. The lowest BCUT2D eigenvalue weighted by Gasteiger charge is -2.42. The first-order valence-electron chi connectivity index (χ1n) is 11.1. The normalized spacial score (nSPS) is 22.1. The molecular formula is C24H21F3N6O3. The number of nitrogens with one attached hydrogen (secondary N) is 1. The quantitative estimate of drug-likeness (QED) is 0.698. The lowest BCUT2D eigenvalue weighted by Crippen LogP contribution is -2.63. The highest BCUT2D eigenvalue weighted by atomic mass is 19.4. The molecule has 1 N–H and O–H groups in total.